The van der Waals surface area contributed by atoms with Crippen molar-refractivity contribution in [2.45, 2.75) is 6.42 Å². The first-order chi connectivity index (χ1) is 15.8. The normalized spacial score (nSPS) is 19.7. The predicted octanol–water partition coefficient (Wildman–Crippen LogP) is 0.751. The van der Waals surface area contributed by atoms with Crippen LogP contribution in [0.2, 0.25) is 5.02 Å². The Balaban J connectivity index is 1.24. The smallest absolute Gasteiger partial charge is 0.227 e. The van der Waals surface area contributed by atoms with Crippen LogP contribution in [-0.4, -0.2) is 79.5 Å². The minimum atomic E-state index is -3.52. The molecule has 0 aliphatic carbocycles. The van der Waals surface area contributed by atoms with E-state index in [9.17, 15) is 18.0 Å². The number of benzene rings is 1. The van der Waals surface area contributed by atoms with E-state index in [1.54, 1.807) is 47.6 Å². The number of anilines is 2. The molecule has 2 fully saturated rings. The molecule has 0 bridgehead atoms. The van der Waals surface area contributed by atoms with Crippen molar-refractivity contribution < 1.29 is 18.0 Å². The Morgan fingerprint density at radius 3 is 2.42 bits per heavy atom. The maximum Gasteiger partial charge on any atom is 0.227 e. The van der Waals surface area contributed by atoms with E-state index in [2.05, 4.69) is 15.3 Å². The number of hydrogen-bond donors (Lipinski definition) is 1. The van der Waals surface area contributed by atoms with E-state index in [-0.39, 0.29) is 37.1 Å². The Bertz CT molecular complexity index is 1090. The highest BCUT2D eigenvalue weighted by Gasteiger charge is 2.35. The average molecular weight is 493 g/mol. The first-order valence-corrected chi connectivity index (χ1v) is 12.7. The van der Waals surface area contributed by atoms with Crippen molar-refractivity contribution in [3.63, 3.8) is 0 Å². The Hall–Kier alpha value is -2.76. The highest BCUT2D eigenvalue weighted by molar-refractivity contribution is 7.89. The molecule has 4 rings (SSSR count). The zero-order valence-electron chi connectivity index (χ0n) is 17.9. The number of rotatable bonds is 7. The fourth-order valence-corrected chi connectivity index (χ4v) is 5.42. The summed E-state index contributed by atoms with van der Waals surface area (Å²) in [6.45, 7) is 1.92. The van der Waals surface area contributed by atoms with E-state index in [4.69, 9.17) is 11.6 Å². The molecule has 1 aromatic heterocycles. The number of sulfonamides is 1. The number of nitrogens with one attached hydrogen (secondary N) is 1. The van der Waals surface area contributed by atoms with Gasteiger partial charge in [0.1, 0.15) is 0 Å². The second-order valence-corrected chi connectivity index (χ2v) is 10.4. The highest BCUT2D eigenvalue weighted by Crippen LogP contribution is 2.26. The van der Waals surface area contributed by atoms with Crippen LogP contribution >= 0.6 is 11.6 Å². The number of carbonyl (C=O) groups is 2. The lowest BCUT2D eigenvalue weighted by molar-refractivity contribution is -0.126. The summed E-state index contributed by atoms with van der Waals surface area (Å²) in [5, 5.41) is 3.25. The largest absolute Gasteiger partial charge is 0.355 e. The Labute approximate surface area is 197 Å². The molecule has 0 spiro atoms. The molecule has 10 nitrogen and oxygen atoms in total. The van der Waals surface area contributed by atoms with Gasteiger partial charge in [0.25, 0.3) is 0 Å². The minimum Gasteiger partial charge on any atom is -0.355 e. The van der Waals surface area contributed by atoms with Crippen LogP contribution in [-0.2, 0) is 19.6 Å². The van der Waals surface area contributed by atoms with Crippen molar-refractivity contribution in [1.82, 2.24) is 19.6 Å². The van der Waals surface area contributed by atoms with Crippen LogP contribution in [0, 0.1) is 5.92 Å². The maximum absolute atomic E-state index is 12.7. The van der Waals surface area contributed by atoms with Crippen LogP contribution in [0.5, 0.6) is 0 Å². The first kappa shape index (κ1) is 23.4. The molecular formula is C21H25ClN6O4S. The lowest BCUT2D eigenvalue weighted by Crippen LogP contribution is -2.50. The van der Waals surface area contributed by atoms with Gasteiger partial charge in [-0.2, -0.15) is 4.31 Å². The lowest BCUT2D eigenvalue weighted by Gasteiger charge is -2.33. The third-order valence-electron chi connectivity index (χ3n) is 5.76. The van der Waals surface area contributed by atoms with E-state index in [1.807, 2.05) is 4.90 Å². The molecule has 1 aromatic carbocycles. The summed E-state index contributed by atoms with van der Waals surface area (Å²) in [5.41, 5.74) is 0.683. The van der Waals surface area contributed by atoms with Crippen molar-refractivity contribution in [1.29, 1.82) is 0 Å². The molecule has 2 amide bonds. The number of carbonyl (C=O) groups excluding carboxylic acids is 2. The third-order valence-corrected chi connectivity index (χ3v) is 7.88. The predicted molar refractivity (Wildman–Crippen MR) is 125 cm³/mol. The molecule has 0 radical (unpaired) electrons. The van der Waals surface area contributed by atoms with Crippen molar-refractivity contribution in [3.05, 3.63) is 47.7 Å². The number of amides is 2. The van der Waals surface area contributed by atoms with Gasteiger partial charge in [0.15, 0.2) is 0 Å². The molecule has 2 saturated heterocycles. The number of hydrogen-bond acceptors (Lipinski definition) is 7. The van der Waals surface area contributed by atoms with Crippen LogP contribution in [0.4, 0.5) is 11.6 Å². The fourth-order valence-electron chi connectivity index (χ4n) is 3.95. The van der Waals surface area contributed by atoms with Crippen molar-refractivity contribution in [2.24, 2.45) is 5.92 Å². The topological polar surface area (TPSA) is 116 Å². The van der Waals surface area contributed by atoms with Gasteiger partial charge in [0.2, 0.25) is 27.8 Å². The summed E-state index contributed by atoms with van der Waals surface area (Å²) in [6, 6.07) is 8.58. The van der Waals surface area contributed by atoms with Gasteiger partial charge >= 0.3 is 0 Å². The summed E-state index contributed by atoms with van der Waals surface area (Å²) in [5.74, 6) is -0.598. The van der Waals surface area contributed by atoms with Gasteiger partial charge in [-0.3, -0.25) is 9.59 Å². The number of halogens is 1. The van der Waals surface area contributed by atoms with Crippen LogP contribution in [0.15, 0.2) is 42.7 Å². The van der Waals surface area contributed by atoms with Gasteiger partial charge in [-0.05, 0) is 30.3 Å². The van der Waals surface area contributed by atoms with E-state index < -0.39 is 15.9 Å². The standard InChI is InChI=1S/C21H25ClN6O4S/c22-17-2-4-18(5-3-17)28-15-16(14-19(28)29)20(30)23-8-13-33(31,32)27-11-9-26(10-12-27)21-24-6-1-7-25-21/h1-7,16H,8-15H2,(H,23,30). The van der Waals surface area contributed by atoms with Gasteiger partial charge in [-0.25, -0.2) is 18.4 Å². The van der Waals surface area contributed by atoms with Gasteiger partial charge in [0, 0.05) is 68.8 Å². The maximum atomic E-state index is 12.7. The third kappa shape index (κ3) is 5.60. The second-order valence-electron chi connectivity index (χ2n) is 7.92. The molecule has 3 heterocycles. The molecule has 1 unspecified atom stereocenters. The van der Waals surface area contributed by atoms with Gasteiger partial charge < -0.3 is 15.1 Å². The van der Waals surface area contributed by atoms with Crippen LogP contribution in [0.3, 0.4) is 0 Å². The van der Waals surface area contributed by atoms with Crippen LogP contribution < -0.4 is 15.1 Å². The van der Waals surface area contributed by atoms with Crippen molar-refractivity contribution >= 4 is 45.1 Å². The van der Waals surface area contributed by atoms with E-state index >= 15 is 0 Å². The van der Waals surface area contributed by atoms with Gasteiger partial charge in [0.05, 0.1) is 11.7 Å². The van der Waals surface area contributed by atoms with E-state index in [0.29, 0.717) is 42.8 Å². The Morgan fingerprint density at radius 1 is 1.09 bits per heavy atom. The molecule has 1 atom stereocenters. The van der Waals surface area contributed by atoms with Gasteiger partial charge in [-0.1, -0.05) is 11.6 Å². The summed E-state index contributed by atoms with van der Waals surface area (Å²) in [7, 11) is -3.52. The fraction of sp³-hybridized carbons (Fsp3) is 0.429. The van der Waals surface area contributed by atoms with E-state index in [0.717, 1.165) is 0 Å². The molecular weight excluding hydrogens is 468 g/mol. The Kier molecular flexibility index (Phi) is 7.11. The number of aromatic nitrogens is 2. The first-order valence-electron chi connectivity index (χ1n) is 10.7. The van der Waals surface area contributed by atoms with E-state index in [1.165, 1.54) is 4.31 Å². The summed E-state index contributed by atoms with van der Waals surface area (Å²) < 4.78 is 26.8. The Morgan fingerprint density at radius 2 is 1.76 bits per heavy atom. The molecule has 1 N–H and O–H groups in total. The van der Waals surface area contributed by atoms with Crippen LogP contribution in [0.1, 0.15) is 6.42 Å². The van der Waals surface area contributed by atoms with Crippen LogP contribution in [0.25, 0.3) is 0 Å². The summed E-state index contributed by atoms with van der Waals surface area (Å²) in [6.07, 6.45) is 3.40. The molecule has 2 aliphatic heterocycles. The molecule has 0 saturated carbocycles. The zero-order chi connectivity index (χ0) is 23.4. The number of piperazine rings is 1. The molecule has 2 aromatic rings. The summed E-state index contributed by atoms with van der Waals surface area (Å²) in [4.78, 5) is 36.8. The number of nitrogens with zero attached hydrogens (tertiary/aromatic N) is 5. The van der Waals surface area contributed by atoms with Crippen molar-refractivity contribution in [3.8, 4) is 0 Å². The zero-order valence-corrected chi connectivity index (χ0v) is 19.5. The highest BCUT2D eigenvalue weighted by atomic mass is 35.5. The average Bonchev–Trinajstić information content (AvgIpc) is 3.22. The lowest BCUT2D eigenvalue weighted by atomic mass is 10.1. The molecule has 33 heavy (non-hydrogen) atoms. The van der Waals surface area contributed by atoms with Crippen molar-refractivity contribution in [2.75, 3.05) is 54.8 Å². The molecule has 176 valence electrons. The quantitative estimate of drug-likeness (QED) is 0.606. The second kappa shape index (κ2) is 10.0. The molecule has 12 heteroatoms. The SMILES string of the molecule is O=C(NCCS(=O)(=O)N1CCN(c2ncccn2)CC1)C1CC(=O)N(c2ccc(Cl)cc2)C1. The molecule has 2 aliphatic rings. The minimum absolute atomic E-state index is 0.00515. The van der Waals surface area contributed by atoms with Gasteiger partial charge in [-0.15, -0.1) is 0 Å². The summed E-state index contributed by atoms with van der Waals surface area (Å²) >= 11 is 5.89. The monoisotopic (exact) mass is 492 g/mol.